The summed E-state index contributed by atoms with van der Waals surface area (Å²) in [4.78, 5) is 12.5. The van der Waals surface area contributed by atoms with Crippen molar-refractivity contribution in [2.75, 3.05) is 20.1 Å². The number of hydrogen-bond acceptors (Lipinski definition) is 2. The van der Waals surface area contributed by atoms with Gasteiger partial charge in [0.2, 0.25) is 0 Å². The average molecular weight is 199 g/mol. The van der Waals surface area contributed by atoms with E-state index in [0.29, 0.717) is 0 Å². The molecule has 0 aliphatic carbocycles. The summed E-state index contributed by atoms with van der Waals surface area (Å²) < 4.78 is 0. The number of rotatable bonds is 10. The lowest BCUT2D eigenvalue weighted by molar-refractivity contribution is -0.107. The Balaban J connectivity index is 3.09. The molecular formula is C12H25NO. The molecule has 0 rings (SSSR count). The van der Waals surface area contributed by atoms with Gasteiger partial charge in [0, 0.05) is 6.42 Å². The van der Waals surface area contributed by atoms with Crippen LogP contribution in [-0.4, -0.2) is 31.3 Å². The fourth-order valence-corrected chi connectivity index (χ4v) is 1.53. The Kier molecular flexibility index (Phi) is 10.4. The minimum absolute atomic E-state index is 0.736. The van der Waals surface area contributed by atoms with Crippen LogP contribution in [-0.2, 0) is 4.79 Å². The molecule has 84 valence electrons. The molecule has 0 unspecified atom stereocenters. The van der Waals surface area contributed by atoms with Gasteiger partial charge < -0.3 is 9.69 Å². The molecule has 0 aromatic rings. The molecule has 0 aliphatic rings. The van der Waals surface area contributed by atoms with Crippen LogP contribution in [0.4, 0.5) is 0 Å². The van der Waals surface area contributed by atoms with Crippen LogP contribution in [0.3, 0.4) is 0 Å². The number of carbonyl (C=O) groups excluding carboxylic acids is 1. The van der Waals surface area contributed by atoms with Crippen LogP contribution in [0.25, 0.3) is 0 Å². The molecule has 0 heterocycles. The zero-order valence-electron chi connectivity index (χ0n) is 9.80. The van der Waals surface area contributed by atoms with Crippen molar-refractivity contribution < 1.29 is 4.79 Å². The predicted octanol–water partition coefficient (Wildman–Crippen LogP) is 2.87. The van der Waals surface area contributed by atoms with Gasteiger partial charge in [0.15, 0.2) is 0 Å². The van der Waals surface area contributed by atoms with Crippen LogP contribution in [0.15, 0.2) is 0 Å². The summed E-state index contributed by atoms with van der Waals surface area (Å²) in [6, 6.07) is 0. The zero-order valence-corrected chi connectivity index (χ0v) is 9.80. The summed E-state index contributed by atoms with van der Waals surface area (Å²) in [6.45, 7) is 4.64. The number of hydrogen-bond donors (Lipinski definition) is 0. The first-order valence-electron chi connectivity index (χ1n) is 5.93. The van der Waals surface area contributed by atoms with Crippen LogP contribution >= 0.6 is 0 Å². The highest BCUT2D eigenvalue weighted by Gasteiger charge is 1.97. The molecule has 0 aromatic carbocycles. The number of carbonyl (C=O) groups is 1. The van der Waals surface area contributed by atoms with E-state index in [4.69, 9.17) is 0 Å². The van der Waals surface area contributed by atoms with Crippen molar-refractivity contribution in [1.82, 2.24) is 4.90 Å². The lowest BCUT2D eigenvalue weighted by atomic mass is 10.2. The molecule has 2 heteroatoms. The molecule has 0 aromatic heterocycles. The fourth-order valence-electron chi connectivity index (χ4n) is 1.53. The summed E-state index contributed by atoms with van der Waals surface area (Å²) in [6.07, 6.45) is 9.20. The highest BCUT2D eigenvalue weighted by atomic mass is 16.1. The fraction of sp³-hybridized carbons (Fsp3) is 0.917. The largest absolute Gasteiger partial charge is 0.306 e. The van der Waals surface area contributed by atoms with E-state index in [-0.39, 0.29) is 0 Å². The molecule has 14 heavy (non-hydrogen) atoms. The number of nitrogens with zero attached hydrogens (tertiary/aromatic N) is 1. The standard InChI is InChI=1S/C12H25NO/c1-3-4-7-10-13(2)11-8-5-6-9-12-14/h12H,3-11H2,1-2H3. The Morgan fingerprint density at radius 1 is 1.00 bits per heavy atom. The normalized spacial score (nSPS) is 10.8. The van der Waals surface area contributed by atoms with Gasteiger partial charge in [-0.15, -0.1) is 0 Å². The maximum absolute atomic E-state index is 10.1. The van der Waals surface area contributed by atoms with E-state index in [1.54, 1.807) is 0 Å². The first-order valence-corrected chi connectivity index (χ1v) is 5.93. The second kappa shape index (κ2) is 10.7. The molecular weight excluding hydrogens is 174 g/mol. The quantitative estimate of drug-likeness (QED) is 0.398. The second-order valence-corrected chi connectivity index (χ2v) is 4.03. The Morgan fingerprint density at radius 2 is 1.64 bits per heavy atom. The maximum atomic E-state index is 10.1. The SMILES string of the molecule is CCCCCN(C)CCCCCC=O. The Bertz CT molecular complexity index is 125. The molecule has 0 saturated carbocycles. The highest BCUT2D eigenvalue weighted by Crippen LogP contribution is 2.01. The lowest BCUT2D eigenvalue weighted by Crippen LogP contribution is -2.20. The predicted molar refractivity (Wildman–Crippen MR) is 61.6 cm³/mol. The van der Waals surface area contributed by atoms with Gasteiger partial charge in [0.1, 0.15) is 6.29 Å². The van der Waals surface area contributed by atoms with Crippen molar-refractivity contribution in [2.45, 2.75) is 51.9 Å². The summed E-state index contributed by atoms with van der Waals surface area (Å²) in [7, 11) is 2.19. The molecule has 0 N–H and O–H groups in total. The van der Waals surface area contributed by atoms with Gasteiger partial charge in [0.05, 0.1) is 0 Å². The first-order chi connectivity index (χ1) is 6.81. The molecule has 0 bridgehead atoms. The van der Waals surface area contributed by atoms with E-state index in [0.717, 1.165) is 19.1 Å². The van der Waals surface area contributed by atoms with Gasteiger partial charge in [-0.05, 0) is 39.4 Å². The van der Waals surface area contributed by atoms with Crippen molar-refractivity contribution in [2.24, 2.45) is 0 Å². The minimum atomic E-state index is 0.736. The third kappa shape index (κ3) is 9.72. The van der Waals surface area contributed by atoms with Crippen LogP contribution in [0, 0.1) is 0 Å². The van der Waals surface area contributed by atoms with Crippen molar-refractivity contribution in [3.8, 4) is 0 Å². The third-order valence-corrected chi connectivity index (χ3v) is 2.51. The van der Waals surface area contributed by atoms with Gasteiger partial charge in [-0.1, -0.05) is 26.2 Å². The van der Waals surface area contributed by atoms with Gasteiger partial charge >= 0.3 is 0 Å². The van der Waals surface area contributed by atoms with Gasteiger partial charge in [-0.2, -0.15) is 0 Å². The Hall–Kier alpha value is -0.370. The number of aldehydes is 1. The van der Waals surface area contributed by atoms with Crippen LogP contribution in [0.2, 0.25) is 0 Å². The smallest absolute Gasteiger partial charge is 0.119 e. The van der Waals surface area contributed by atoms with E-state index >= 15 is 0 Å². The molecule has 0 saturated heterocycles. The van der Waals surface area contributed by atoms with E-state index in [2.05, 4.69) is 18.9 Å². The van der Waals surface area contributed by atoms with Crippen LogP contribution in [0.5, 0.6) is 0 Å². The summed E-state index contributed by atoms with van der Waals surface area (Å²) in [5, 5.41) is 0. The third-order valence-electron chi connectivity index (χ3n) is 2.51. The lowest BCUT2D eigenvalue weighted by Gasteiger charge is -2.15. The summed E-state index contributed by atoms with van der Waals surface area (Å²) >= 11 is 0. The van der Waals surface area contributed by atoms with Gasteiger partial charge in [-0.25, -0.2) is 0 Å². The minimum Gasteiger partial charge on any atom is -0.306 e. The van der Waals surface area contributed by atoms with Crippen molar-refractivity contribution in [3.63, 3.8) is 0 Å². The van der Waals surface area contributed by atoms with Crippen molar-refractivity contribution in [3.05, 3.63) is 0 Å². The van der Waals surface area contributed by atoms with Crippen LogP contribution < -0.4 is 0 Å². The zero-order chi connectivity index (χ0) is 10.6. The highest BCUT2D eigenvalue weighted by molar-refractivity contribution is 5.48. The Morgan fingerprint density at radius 3 is 2.21 bits per heavy atom. The van der Waals surface area contributed by atoms with E-state index in [9.17, 15) is 4.79 Å². The second-order valence-electron chi connectivity index (χ2n) is 4.03. The van der Waals surface area contributed by atoms with Crippen molar-refractivity contribution in [1.29, 1.82) is 0 Å². The molecule has 0 aliphatic heterocycles. The average Bonchev–Trinajstić information content (AvgIpc) is 2.18. The summed E-state index contributed by atoms with van der Waals surface area (Å²) in [5.41, 5.74) is 0. The van der Waals surface area contributed by atoms with Gasteiger partial charge in [0.25, 0.3) is 0 Å². The number of unbranched alkanes of at least 4 members (excludes halogenated alkanes) is 5. The monoisotopic (exact) mass is 199 g/mol. The maximum Gasteiger partial charge on any atom is 0.119 e. The molecule has 0 amide bonds. The first kappa shape index (κ1) is 13.6. The molecule has 0 radical (unpaired) electrons. The van der Waals surface area contributed by atoms with E-state index in [1.807, 2.05) is 0 Å². The topological polar surface area (TPSA) is 20.3 Å². The molecule has 0 fully saturated rings. The van der Waals surface area contributed by atoms with Crippen molar-refractivity contribution >= 4 is 6.29 Å². The van der Waals surface area contributed by atoms with E-state index < -0.39 is 0 Å². The van der Waals surface area contributed by atoms with Gasteiger partial charge in [-0.3, -0.25) is 0 Å². The van der Waals surface area contributed by atoms with E-state index in [1.165, 1.54) is 45.2 Å². The molecule has 2 nitrogen and oxygen atoms in total. The Labute approximate surface area is 88.7 Å². The molecule has 0 spiro atoms. The van der Waals surface area contributed by atoms with Crippen LogP contribution in [0.1, 0.15) is 51.9 Å². The summed E-state index contributed by atoms with van der Waals surface area (Å²) in [5.74, 6) is 0. The molecule has 0 atom stereocenters.